The molecule has 0 radical (unpaired) electrons. The second-order valence-corrected chi connectivity index (χ2v) is 12.5. The summed E-state index contributed by atoms with van der Waals surface area (Å²) in [7, 11) is -8.50. The number of hydrogen-bond acceptors (Lipinski definition) is 8. The zero-order chi connectivity index (χ0) is 23.9. The Kier molecular flexibility index (Phi) is 9.32. The van der Waals surface area contributed by atoms with Gasteiger partial charge in [0.05, 0.1) is 34.3 Å². The van der Waals surface area contributed by atoms with E-state index in [1.54, 1.807) is 52.0 Å². The first-order valence-corrected chi connectivity index (χ1v) is 15.2. The van der Waals surface area contributed by atoms with Gasteiger partial charge in [-0.2, -0.15) is 0 Å². The average molecular weight is 514 g/mol. The minimum atomic E-state index is -3.58. The fourth-order valence-corrected chi connectivity index (χ4v) is 8.24. The smallest absolute Gasteiger partial charge is 0.396 e. The molecule has 3 aromatic rings. The van der Waals surface area contributed by atoms with Gasteiger partial charge in [0.2, 0.25) is 11.0 Å². The van der Waals surface area contributed by atoms with Crippen molar-refractivity contribution in [3.63, 3.8) is 0 Å². The maximum atomic E-state index is 13.2. The lowest BCUT2D eigenvalue weighted by Gasteiger charge is -2.16. The van der Waals surface area contributed by atoms with Gasteiger partial charge < -0.3 is 26.9 Å². The maximum absolute atomic E-state index is 13.2. The largest absolute Gasteiger partial charge is 0.448 e. The zero-order valence-electron chi connectivity index (χ0n) is 19.1. The molecule has 0 aliphatic carbocycles. The van der Waals surface area contributed by atoms with Gasteiger partial charge in [-0.05, 0) is 57.3 Å². The summed E-state index contributed by atoms with van der Waals surface area (Å²) in [6.07, 6.45) is 0. The summed E-state index contributed by atoms with van der Waals surface area (Å²) < 4.78 is 60.1. The van der Waals surface area contributed by atoms with E-state index in [0.717, 1.165) is 5.30 Å². The minimum Gasteiger partial charge on any atom is -0.448 e. The molecular formula is C22H29O8P3. The average Bonchev–Trinajstić information content (AvgIpc) is 3.47. The summed E-state index contributed by atoms with van der Waals surface area (Å²) in [5.41, 5.74) is 1.33. The van der Waals surface area contributed by atoms with Crippen LogP contribution in [0.3, 0.4) is 0 Å². The van der Waals surface area contributed by atoms with Crippen molar-refractivity contribution in [1.29, 1.82) is 0 Å². The second-order valence-electron chi connectivity index (χ2n) is 6.56. The number of furan rings is 2. The van der Waals surface area contributed by atoms with E-state index in [9.17, 15) is 9.13 Å². The first-order valence-electron chi connectivity index (χ1n) is 10.7. The number of rotatable bonds is 13. The van der Waals surface area contributed by atoms with Gasteiger partial charge in [0.25, 0.3) is 0 Å². The highest BCUT2D eigenvalue weighted by Gasteiger charge is 2.35. The molecular weight excluding hydrogens is 485 g/mol. The van der Waals surface area contributed by atoms with Crippen LogP contribution in [0.1, 0.15) is 27.7 Å². The Balaban J connectivity index is 2.06. The number of benzene rings is 1. The minimum absolute atomic E-state index is 0.130. The van der Waals surface area contributed by atoms with Crippen LogP contribution in [0.5, 0.6) is 0 Å². The fraction of sp³-hybridized carbons (Fsp3) is 0.364. The van der Waals surface area contributed by atoms with Crippen LogP contribution in [0.2, 0.25) is 0 Å². The van der Waals surface area contributed by atoms with Crippen molar-refractivity contribution in [2.45, 2.75) is 27.7 Å². The first-order chi connectivity index (χ1) is 15.9. The molecule has 2 heterocycles. The standard InChI is InChI=1S/C22H29O8P3/c1-5-25-32(23,26-6-2)21-16-14-19(29-21)31(18-12-10-9-11-13-18)20-15-17-22(30-20)33(24,27-7-3)28-8-4/h9-17H,5-8H2,1-4H3. The van der Waals surface area contributed by atoms with Crippen molar-refractivity contribution < 1.29 is 36.1 Å². The highest BCUT2D eigenvalue weighted by molar-refractivity contribution is 7.79. The van der Waals surface area contributed by atoms with Crippen molar-refractivity contribution in [1.82, 2.24) is 0 Å². The van der Waals surface area contributed by atoms with E-state index in [-0.39, 0.29) is 37.4 Å². The van der Waals surface area contributed by atoms with E-state index in [1.807, 2.05) is 30.3 Å². The molecule has 11 heteroatoms. The van der Waals surface area contributed by atoms with Crippen LogP contribution in [-0.4, -0.2) is 26.4 Å². The van der Waals surface area contributed by atoms with Crippen LogP contribution < -0.4 is 27.3 Å². The highest BCUT2D eigenvalue weighted by atomic mass is 31.2. The molecule has 8 nitrogen and oxygen atoms in total. The summed E-state index contributed by atoms with van der Waals surface area (Å²) in [4.78, 5) is 0. The molecule has 0 bridgehead atoms. The molecule has 33 heavy (non-hydrogen) atoms. The fourth-order valence-electron chi connectivity index (χ4n) is 3.12. The van der Waals surface area contributed by atoms with Gasteiger partial charge in [0, 0.05) is 0 Å². The molecule has 2 aromatic heterocycles. The monoisotopic (exact) mass is 514 g/mol. The topological polar surface area (TPSA) is 97.3 Å². The van der Waals surface area contributed by atoms with Gasteiger partial charge in [0.1, 0.15) is 11.0 Å². The normalized spacial score (nSPS) is 12.5. The van der Waals surface area contributed by atoms with Crippen molar-refractivity contribution in [3.8, 4) is 0 Å². The Morgan fingerprint density at radius 2 is 1.03 bits per heavy atom. The van der Waals surface area contributed by atoms with Crippen molar-refractivity contribution in [2.24, 2.45) is 0 Å². The van der Waals surface area contributed by atoms with Crippen molar-refractivity contribution in [2.75, 3.05) is 26.4 Å². The molecule has 180 valence electrons. The second kappa shape index (κ2) is 11.8. The van der Waals surface area contributed by atoms with Gasteiger partial charge in [0.15, 0.2) is 0 Å². The van der Waals surface area contributed by atoms with Crippen LogP contribution in [0.4, 0.5) is 0 Å². The Labute approximate surface area is 195 Å². The molecule has 0 aliphatic heterocycles. The van der Waals surface area contributed by atoms with E-state index in [0.29, 0.717) is 11.0 Å². The summed E-state index contributed by atoms with van der Waals surface area (Å²) in [6, 6.07) is 16.3. The van der Waals surface area contributed by atoms with Gasteiger partial charge in [-0.3, -0.25) is 9.13 Å². The van der Waals surface area contributed by atoms with Gasteiger partial charge >= 0.3 is 15.2 Å². The molecule has 1 aromatic carbocycles. The van der Waals surface area contributed by atoms with E-state index in [4.69, 9.17) is 26.9 Å². The molecule has 0 saturated carbocycles. The third kappa shape index (κ3) is 5.96. The summed E-state index contributed by atoms with van der Waals surface area (Å²) >= 11 is 0. The summed E-state index contributed by atoms with van der Waals surface area (Å²) in [5.74, 6) is 0. The molecule has 0 aliphatic rings. The van der Waals surface area contributed by atoms with Crippen molar-refractivity contribution in [3.05, 3.63) is 54.6 Å². The van der Waals surface area contributed by atoms with E-state index in [2.05, 4.69) is 0 Å². The predicted molar refractivity (Wildman–Crippen MR) is 131 cm³/mol. The van der Waals surface area contributed by atoms with E-state index < -0.39 is 23.1 Å². The zero-order valence-corrected chi connectivity index (χ0v) is 21.8. The molecule has 0 fully saturated rings. The third-order valence-electron chi connectivity index (χ3n) is 4.35. The molecule has 0 amide bonds. The van der Waals surface area contributed by atoms with Crippen LogP contribution in [-0.2, 0) is 27.2 Å². The van der Waals surface area contributed by atoms with Gasteiger partial charge in [-0.1, -0.05) is 30.3 Å². The summed E-state index contributed by atoms with van der Waals surface area (Å²) in [5, 5.41) is 0.930. The van der Waals surface area contributed by atoms with Crippen LogP contribution >= 0.6 is 23.1 Å². The lowest BCUT2D eigenvalue weighted by molar-refractivity contribution is 0.225. The Hall–Kier alpha value is -1.49. The molecule has 0 atom stereocenters. The predicted octanol–water partition coefficient (Wildman–Crippen LogP) is 4.41. The van der Waals surface area contributed by atoms with Crippen LogP contribution in [0.25, 0.3) is 0 Å². The highest BCUT2D eigenvalue weighted by Crippen LogP contribution is 2.49. The van der Waals surface area contributed by atoms with Crippen molar-refractivity contribution >= 4 is 50.4 Å². The molecule has 0 unspecified atom stereocenters. The molecule has 0 N–H and O–H groups in total. The van der Waals surface area contributed by atoms with E-state index in [1.165, 1.54) is 0 Å². The van der Waals surface area contributed by atoms with Gasteiger partial charge in [-0.25, -0.2) is 0 Å². The molecule has 0 saturated heterocycles. The van der Waals surface area contributed by atoms with E-state index >= 15 is 0 Å². The Bertz CT molecular complexity index is 1020. The Morgan fingerprint density at radius 3 is 1.39 bits per heavy atom. The molecule has 3 rings (SSSR count). The van der Waals surface area contributed by atoms with Crippen LogP contribution in [0.15, 0.2) is 63.4 Å². The van der Waals surface area contributed by atoms with Crippen LogP contribution in [0, 0.1) is 0 Å². The number of hydrogen-bond donors (Lipinski definition) is 0. The lowest BCUT2D eigenvalue weighted by atomic mass is 10.4. The third-order valence-corrected chi connectivity index (χ3v) is 10.5. The first kappa shape index (κ1) is 26.1. The molecule has 0 spiro atoms. The SMILES string of the molecule is CCOP(=O)(OCC)c1ccc(P(c2ccccc2)c2ccc(P(=O)(OCC)OCC)o2)o1. The maximum Gasteiger partial charge on any atom is 0.396 e. The lowest BCUT2D eigenvalue weighted by Crippen LogP contribution is -2.20. The van der Waals surface area contributed by atoms with Gasteiger partial charge in [-0.15, -0.1) is 0 Å². The quantitative estimate of drug-likeness (QED) is 0.310. The Morgan fingerprint density at radius 1 is 0.636 bits per heavy atom. The summed E-state index contributed by atoms with van der Waals surface area (Å²) in [6.45, 7) is 7.83.